The number of aryl methyl sites for hydroxylation is 1. The van der Waals surface area contributed by atoms with Crippen molar-refractivity contribution in [2.45, 2.75) is 63.9 Å². The number of carbonyl (C=O) groups excluding carboxylic acids is 1. The van der Waals surface area contributed by atoms with Crippen molar-refractivity contribution in [2.24, 2.45) is 0 Å². The molecule has 0 radical (unpaired) electrons. The van der Waals surface area contributed by atoms with E-state index < -0.39 is 0 Å². The molecule has 4 heteroatoms. The molecule has 0 spiro atoms. The summed E-state index contributed by atoms with van der Waals surface area (Å²) in [5, 5.41) is 3.10. The van der Waals surface area contributed by atoms with Gasteiger partial charge in [0, 0.05) is 6.54 Å². The molecule has 4 nitrogen and oxygen atoms in total. The van der Waals surface area contributed by atoms with E-state index >= 15 is 0 Å². The summed E-state index contributed by atoms with van der Waals surface area (Å²) in [6, 6.07) is 25.6. The van der Waals surface area contributed by atoms with E-state index in [0.717, 1.165) is 29.8 Å². The predicted octanol–water partition coefficient (Wildman–Crippen LogP) is 7.33. The maximum absolute atomic E-state index is 13.0. The van der Waals surface area contributed by atoms with Crippen LogP contribution in [0.4, 0.5) is 10.5 Å². The molecule has 1 atom stereocenters. The van der Waals surface area contributed by atoms with Crippen LogP contribution in [-0.4, -0.2) is 25.2 Å². The van der Waals surface area contributed by atoms with Gasteiger partial charge in [0.2, 0.25) is 0 Å². The minimum Gasteiger partial charge on any atom is -0.487 e. The lowest BCUT2D eigenvalue weighted by atomic mass is 9.84. The predicted molar refractivity (Wildman–Crippen MR) is 143 cm³/mol. The number of hydrogen-bond acceptors (Lipinski definition) is 2. The van der Waals surface area contributed by atoms with Crippen LogP contribution in [0.2, 0.25) is 0 Å². The third-order valence-electron chi connectivity index (χ3n) is 7.35. The summed E-state index contributed by atoms with van der Waals surface area (Å²) < 4.78 is 6.16. The molecule has 35 heavy (non-hydrogen) atoms. The van der Waals surface area contributed by atoms with E-state index in [9.17, 15) is 4.79 Å². The van der Waals surface area contributed by atoms with Crippen LogP contribution in [0, 0.1) is 0 Å². The van der Waals surface area contributed by atoms with Crippen LogP contribution >= 0.6 is 0 Å². The highest BCUT2D eigenvalue weighted by Crippen LogP contribution is 2.38. The van der Waals surface area contributed by atoms with E-state index in [2.05, 4.69) is 66.0 Å². The molecule has 0 bridgehead atoms. The van der Waals surface area contributed by atoms with Crippen LogP contribution in [0.15, 0.2) is 72.8 Å². The van der Waals surface area contributed by atoms with E-state index in [1.165, 1.54) is 48.8 Å². The fourth-order valence-electron chi connectivity index (χ4n) is 5.42. The molecule has 1 fully saturated rings. The van der Waals surface area contributed by atoms with Crippen molar-refractivity contribution in [2.75, 3.05) is 18.0 Å². The molecule has 1 saturated carbocycles. The third-order valence-corrected chi connectivity index (χ3v) is 7.35. The van der Waals surface area contributed by atoms with Crippen LogP contribution in [0.5, 0.6) is 5.75 Å². The molecule has 1 unspecified atom stereocenters. The second-order valence-corrected chi connectivity index (χ2v) is 10.00. The number of carbonyl (C=O) groups is 1. The van der Waals surface area contributed by atoms with E-state index in [-0.39, 0.29) is 12.1 Å². The molecule has 2 amide bonds. The summed E-state index contributed by atoms with van der Waals surface area (Å²) in [6.07, 6.45) is 8.53. The fourth-order valence-corrected chi connectivity index (χ4v) is 5.42. The SMILES string of the molecule is CC1CN(C(=O)NCCCc2ccccc2)c2ccc(-c3ccc(C4CCCCC4)cc3)cc2O1. The molecular weight excluding hydrogens is 432 g/mol. The third kappa shape index (κ3) is 5.70. The summed E-state index contributed by atoms with van der Waals surface area (Å²) >= 11 is 0. The van der Waals surface area contributed by atoms with Gasteiger partial charge in [0.05, 0.1) is 12.2 Å². The average molecular weight is 469 g/mol. The molecule has 1 heterocycles. The lowest BCUT2D eigenvalue weighted by Crippen LogP contribution is -2.47. The van der Waals surface area contributed by atoms with Gasteiger partial charge in [-0.3, -0.25) is 4.90 Å². The zero-order valence-electron chi connectivity index (χ0n) is 20.7. The lowest BCUT2D eigenvalue weighted by Gasteiger charge is -2.33. The number of benzene rings is 3. The molecule has 0 aromatic heterocycles. The number of rotatable bonds is 6. The summed E-state index contributed by atoms with van der Waals surface area (Å²) in [5.74, 6) is 1.49. The van der Waals surface area contributed by atoms with Gasteiger partial charge in [-0.05, 0) is 72.9 Å². The number of ether oxygens (including phenoxy) is 1. The molecule has 5 rings (SSSR count). The second-order valence-electron chi connectivity index (χ2n) is 10.00. The Labute approximate surface area is 209 Å². The first-order valence-electron chi connectivity index (χ1n) is 13.2. The number of nitrogens with one attached hydrogen (secondary N) is 1. The van der Waals surface area contributed by atoms with Gasteiger partial charge >= 0.3 is 6.03 Å². The summed E-state index contributed by atoms with van der Waals surface area (Å²) in [7, 11) is 0. The summed E-state index contributed by atoms with van der Waals surface area (Å²) in [4.78, 5) is 14.8. The number of urea groups is 1. The van der Waals surface area contributed by atoms with Gasteiger partial charge in [-0.2, -0.15) is 0 Å². The van der Waals surface area contributed by atoms with Crippen LogP contribution in [-0.2, 0) is 6.42 Å². The molecule has 3 aromatic carbocycles. The van der Waals surface area contributed by atoms with Crippen LogP contribution < -0.4 is 15.0 Å². The van der Waals surface area contributed by atoms with E-state index in [0.29, 0.717) is 19.0 Å². The van der Waals surface area contributed by atoms with Crippen molar-refractivity contribution < 1.29 is 9.53 Å². The lowest BCUT2D eigenvalue weighted by molar-refractivity contribution is 0.205. The van der Waals surface area contributed by atoms with Crippen molar-refractivity contribution in [3.05, 3.63) is 83.9 Å². The molecule has 3 aromatic rings. The standard InChI is InChI=1S/C31H36N2O2/c1-23-22-33(31(34)32-20-8-11-24-9-4-2-5-10-24)29-19-18-28(21-30(29)35-23)27-16-14-26(15-17-27)25-12-6-3-7-13-25/h2,4-5,9-10,14-19,21,23,25H,3,6-8,11-13,20,22H2,1H3,(H,32,34). The topological polar surface area (TPSA) is 41.6 Å². The second kappa shape index (κ2) is 11.0. The first-order chi connectivity index (χ1) is 17.2. The molecule has 1 N–H and O–H groups in total. The average Bonchev–Trinajstić information content (AvgIpc) is 2.91. The van der Waals surface area contributed by atoms with Crippen molar-refractivity contribution >= 4 is 11.7 Å². The van der Waals surface area contributed by atoms with E-state index in [4.69, 9.17) is 4.74 Å². The zero-order valence-corrected chi connectivity index (χ0v) is 20.7. The fraction of sp³-hybridized carbons (Fsp3) is 0.387. The van der Waals surface area contributed by atoms with Gasteiger partial charge in [-0.25, -0.2) is 4.79 Å². The highest BCUT2D eigenvalue weighted by molar-refractivity contribution is 5.94. The highest BCUT2D eigenvalue weighted by atomic mass is 16.5. The molecular formula is C31H36N2O2. The Balaban J connectivity index is 1.24. The van der Waals surface area contributed by atoms with Crippen molar-refractivity contribution in [3.8, 4) is 16.9 Å². The maximum atomic E-state index is 13.0. The minimum atomic E-state index is -0.0564. The monoisotopic (exact) mass is 468 g/mol. The van der Waals surface area contributed by atoms with Gasteiger partial charge in [-0.1, -0.05) is 79.9 Å². The Morgan fingerprint density at radius 2 is 1.69 bits per heavy atom. The Bertz CT molecular complexity index is 1120. The Kier molecular flexibility index (Phi) is 7.37. The number of hydrogen-bond donors (Lipinski definition) is 1. The van der Waals surface area contributed by atoms with Gasteiger partial charge in [-0.15, -0.1) is 0 Å². The maximum Gasteiger partial charge on any atom is 0.322 e. The van der Waals surface area contributed by atoms with E-state index in [1.807, 2.05) is 24.0 Å². The van der Waals surface area contributed by atoms with E-state index in [1.54, 1.807) is 0 Å². The molecule has 182 valence electrons. The van der Waals surface area contributed by atoms with Gasteiger partial charge in [0.25, 0.3) is 0 Å². The largest absolute Gasteiger partial charge is 0.487 e. The number of anilines is 1. The van der Waals surface area contributed by atoms with Crippen LogP contribution in [0.25, 0.3) is 11.1 Å². The quantitative estimate of drug-likeness (QED) is 0.385. The Morgan fingerprint density at radius 1 is 0.943 bits per heavy atom. The summed E-state index contributed by atoms with van der Waals surface area (Å²) in [5.41, 5.74) is 5.91. The molecule has 1 aliphatic carbocycles. The summed E-state index contributed by atoms with van der Waals surface area (Å²) in [6.45, 7) is 3.22. The number of nitrogens with zero attached hydrogens (tertiary/aromatic N) is 1. The van der Waals surface area contributed by atoms with Crippen LogP contribution in [0.3, 0.4) is 0 Å². The van der Waals surface area contributed by atoms with Crippen LogP contribution in [0.1, 0.15) is 62.5 Å². The molecule has 0 saturated heterocycles. The van der Waals surface area contributed by atoms with Crippen molar-refractivity contribution in [1.82, 2.24) is 5.32 Å². The van der Waals surface area contributed by atoms with Gasteiger partial charge in [0.1, 0.15) is 11.9 Å². The smallest absolute Gasteiger partial charge is 0.322 e. The molecule has 1 aliphatic heterocycles. The minimum absolute atomic E-state index is 0.0542. The van der Waals surface area contributed by atoms with Crippen molar-refractivity contribution in [1.29, 1.82) is 0 Å². The normalized spacial score (nSPS) is 18.0. The van der Waals surface area contributed by atoms with Gasteiger partial charge in [0.15, 0.2) is 0 Å². The van der Waals surface area contributed by atoms with Gasteiger partial charge < -0.3 is 10.1 Å². The number of amides is 2. The first-order valence-corrected chi connectivity index (χ1v) is 13.2. The Morgan fingerprint density at radius 3 is 2.46 bits per heavy atom. The Hall–Kier alpha value is -3.27. The zero-order chi connectivity index (χ0) is 24.0. The first kappa shape index (κ1) is 23.5. The highest BCUT2D eigenvalue weighted by Gasteiger charge is 2.28. The molecule has 2 aliphatic rings. The number of fused-ring (bicyclic) bond motifs is 1. The van der Waals surface area contributed by atoms with Crippen molar-refractivity contribution in [3.63, 3.8) is 0 Å².